The molecule has 0 aliphatic rings. The van der Waals surface area contributed by atoms with Crippen LogP contribution in [0.4, 0.5) is 10.5 Å². The molecule has 2 aromatic rings. The second-order valence-electron chi connectivity index (χ2n) is 4.45. The minimum atomic E-state index is -0.489. The third-order valence-electron chi connectivity index (χ3n) is 2.77. The number of carbonyl (C=O) groups is 1. The molecule has 3 N–H and O–H groups in total. The molecule has 0 aliphatic heterocycles. The summed E-state index contributed by atoms with van der Waals surface area (Å²) < 4.78 is 5.87. The van der Waals surface area contributed by atoms with E-state index < -0.39 is 6.09 Å². The molecule has 0 aliphatic carbocycles. The number of hydrogen-bond donors (Lipinski definition) is 2. The Morgan fingerprint density at radius 2 is 2.00 bits per heavy atom. The number of ether oxygens (including phenoxy) is 1. The van der Waals surface area contributed by atoms with Crippen LogP contribution in [0.2, 0.25) is 0 Å². The second-order valence-corrected chi connectivity index (χ2v) is 5.31. The molecule has 0 radical (unpaired) electrons. The molecule has 0 unspecified atom stereocenters. The van der Waals surface area contributed by atoms with Crippen LogP contribution in [0.5, 0.6) is 0 Å². The van der Waals surface area contributed by atoms with Crippen molar-refractivity contribution < 1.29 is 9.53 Å². The van der Waals surface area contributed by atoms with E-state index in [1.54, 1.807) is 6.07 Å². The number of anilines is 1. The van der Waals surface area contributed by atoms with Crippen molar-refractivity contribution in [3.05, 3.63) is 64.1 Å². The quantitative estimate of drug-likeness (QED) is 0.653. The molecule has 0 heterocycles. The number of hydrogen-bond acceptors (Lipinski definition) is 3. The largest absolute Gasteiger partial charge is 0.445 e. The average Bonchev–Trinajstić information content (AvgIpc) is 2.54. The van der Waals surface area contributed by atoms with Crippen molar-refractivity contribution in [2.45, 2.75) is 6.61 Å². The Labute approximate surface area is 137 Å². The van der Waals surface area contributed by atoms with E-state index in [4.69, 9.17) is 10.5 Å². The van der Waals surface area contributed by atoms with Gasteiger partial charge in [-0.3, -0.25) is 0 Å². The maximum atomic E-state index is 11.5. The first-order valence-electron chi connectivity index (χ1n) is 6.63. The summed E-state index contributed by atoms with van der Waals surface area (Å²) >= 11 is 3.34. The SMILES string of the molecule is Nc1ccc(C#CCNC(=O)OCc2ccccc2)cc1Br. The van der Waals surface area contributed by atoms with Crippen molar-refractivity contribution in [2.24, 2.45) is 0 Å². The summed E-state index contributed by atoms with van der Waals surface area (Å²) in [5.41, 5.74) is 8.12. The predicted molar refractivity (Wildman–Crippen MR) is 90.1 cm³/mol. The van der Waals surface area contributed by atoms with Crippen molar-refractivity contribution >= 4 is 27.7 Å². The summed E-state index contributed by atoms with van der Waals surface area (Å²) in [5, 5.41) is 2.58. The van der Waals surface area contributed by atoms with E-state index in [9.17, 15) is 4.79 Å². The maximum Gasteiger partial charge on any atom is 0.408 e. The van der Waals surface area contributed by atoms with Gasteiger partial charge in [-0.25, -0.2) is 4.79 Å². The van der Waals surface area contributed by atoms with Gasteiger partial charge in [0, 0.05) is 15.7 Å². The standard InChI is InChI=1S/C17H15BrN2O2/c18-15-11-13(8-9-16(15)19)7-4-10-20-17(21)22-12-14-5-2-1-3-6-14/h1-3,5-6,8-9,11H,10,12,19H2,(H,20,21). The van der Waals surface area contributed by atoms with Crippen LogP contribution in [-0.4, -0.2) is 12.6 Å². The lowest BCUT2D eigenvalue weighted by Gasteiger charge is -2.04. The van der Waals surface area contributed by atoms with Gasteiger partial charge in [-0.2, -0.15) is 0 Å². The fourth-order valence-electron chi connectivity index (χ4n) is 1.64. The second kappa shape index (κ2) is 8.11. The molecule has 0 fully saturated rings. The van der Waals surface area contributed by atoms with E-state index in [1.807, 2.05) is 42.5 Å². The first-order valence-corrected chi connectivity index (χ1v) is 7.43. The monoisotopic (exact) mass is 358 g/mol. The lowest BCUT2D eigenvalue weighted by atomic mass is 10.2. The summed E-state index contributed by atoms with van der Waals surface area (Å²) in [4.78, 5) is 11.5. The van der Waals surface area contributed by atoms with Crippen molar-refractivity contribution in [3.63, 3.8) is 0 Å². The zero-order chi connectivity index (χ0) is 15.8. The van der Waals surface area contributed by atoms with Gasteiger partial charge >= 0.3 is 6.09 Å². The molecule has 0 bridgehead atoms. The minimum Gasteiger partial charge on any atom is -0.445 e. The molecule has 2 aromatic carbocycles. The Balaban J connectivity index is 1.75. The highest BCUT2D eigenvalue weighted by Crippen LogP contribution is 2.19. The number of alkyl carbamates (subject to hydrolysis) is 1. The van der Waals surface area contributed by atoms with Crippen LogP contribution in [0.25, 0.3) is 0 Å². The van der Waals surface area contributed by atoms with Crippen molar-refractivity contribution in [2.75, 3.05) is 12.3 Å². The molecule has 112 valence electrons. The zero-order valence-electron chi connectivity index (χ0n) is 11.8. The van der Waals surface area contributed by atoms with E-state index in [2.05, 4.69) is 33.1 Å². The molecular formula is C17H15BrN2O2. The number of benzene rings is 2. The molecule has 22 heavy (non-hydrogen) atoms. The summed E-state index contributed by atoms with van der Waals surface area (Å²) in [6.45, 7) is 0.459. The summed E-state index contributed by atoms with van der Waals surface area (Å²) in [6.07, 6.45) is -0.489. The minimum absolute atomic E-state index is 0.218. The lowest BCUT2D eigenvalue weighted by Crippen LogP contribution is -2.24. The van der Waals surface area contributed by atoms with Crippen LogP contribution in [0.3, 0.4) is 0 Å². The number of halogens is 1. The molecule has 2 rings (SSSR count). The molecule has 1 amide bonds. The van der Waals surface area contributed by atoms with E-state index in [0.717, 1.165) is 15.6 Å². The molecule has 0 atom stereocenters. The van der Waals surface area contributed by atoms with Crippen LogP contribution in [0, 0.1) is 11.8 Å². The highest BCUT2D eigenvalue weighted by atomic mass is 79.9. The number of nitrogen functional groups attached to an aromatic ring is 1. The summed E-state index contributed by atoms with van der Waals surface area (Å²) in [7, 11) is 0. The van der Waals surface area contributed by atoms with Gasteiger partial charge in [0.05, 0.1) is 6.54 Å². The van der Waals surface area contributed by atoms with E-state index >= 15 is 0 Å². The first-order chi connectivity index (χ1) is 10.6. The Morgan fingerprint density at radius 1 is 1.23 bits per heavy atom. The predicted octanol–water partition coefficient (Wildman–Crippen LogP) is 3.31. The van der Waals surface area contributed by atoms with Gasteiger partial charge in [0.25, 0.3) is 0 Å². The number of amides is 1. The fourth-order valence-corrected chi connectivity index (χ4v) is 2.02. The topological polar surface area (TPSA) is 64.3 Å². The Morgan fingerprint density at radius 3 is 2.73 bits per heavy atom. The molecule has 4 nitrogen and oxygen atoms in total. The number of nitrogens with one attached hydrogen (secondary N) is 1. The average molecular weight is 359 g/mol. The van der Waals surface area contributed by atoms with Crippen LogP contribution in [0.15, 0.2) is 53.0 Å². The van der Waals surface area contributed by atoms with Gasteiger partial charge < -0.3 is 15.8 Å². The summed E-state index contributed by atoms with van der Waals surface area (Å²) in [6, 6.07) is 14.9. The van der Waals surface area contributed by atoms with Crippen LogP contribution >= 0.6 is 15.9 Å². The normalized spacial score (nSPS) is 9.50. The zero-order valence-corrected chi connectivity index (χ0v) is 13.4. The highest BCUT2D eigenvalue weighted by Gasteiger charge is 2.00. The number of nitrogens with two attached hydrogens (primary N) is 1. The van der Waals surface area contributed by atoms with E-state index in [-0.39, 0.29) is 13.2 Å². The van der Waals surface area contributed by atoms with Crippen LogP contribution in [-0.2, 0) is 11.3 Å². The molecule has 0 saturated carbocycles. The highest BCUT2D eigenvalue weighted by molar-refractivity contribution is 9.10. The Bertz CT molecular complexity index is 706. The van der Waals surface area contributed by atoms with Crippen molar-refractivity contribution in [1.82, 2.24) is 5.32 Å². The van der Waals surface area contributed by atoms with E-state index in [1.165, 1.54) is 0 Å². The molecule has 0 aromatic heterocycles. The van der Waals surface area contributed by atoms with Crippen LogP contribution < -0.4 is 11.1 Å². The van der Waals surface area contributed by atoms with Gasteiger partial charge in [-0.05, 0) is 39.7 Å². The third kappa shape index (κ3) is 5.15. The van der Waals surface area contributed by atoms with Gasteiger partial charge in [0.2, 0.25) is 0 Å². The molecule has 0 saturated heterocycles. The molecule has 0 spiro atoms. The van der Waals surface area contributed by atoms with Crippen molar-refractivity contribution in [1.29, 1.82) is 0 Å². The first kappa shape index (κ1) is 15.9. The maximum absolute atomic E-state index is 11.5. The summed E-state index contributed by atoms with van der Waals surface area (Å²) in [5.74, 6) is 5.79. The fraction of sp³-hybridized carbons (Fsp3) is 0.118. The Hall–Kier alpha value is -2.45. The van der Waals surface area contributed by atoms with Gasteiger partial charge in [-0.15, -0.1) is 0 Å². The van der Waals surface area contributed by atoms with Gasteiger partial charge in [-0.1, -0.05) is 42.2 Å². The Kier molecular flexibility index (Phi) is 5.87. The van der Waals surface area contributed by atoms with Gasteiger partial charge in [0.1, 0.15) is 6.61 Å². The number of rotatable bonds is 3. The number of carbonyl (C=O) groups excluding carboxylic acids is 1. The third-order valence-corrected chi connectivity index (χ3v) is 3.45. The van der Waals surface area contributed by atoms with Gasteiger partial charge in [0.15, 0.2) is 0 Å². The van der Waals surface area contributed by atoms with Crippen molar-refractivity contribution in [3.8, 4) is 11.8 Å². The lowest BCUT2D eigenvalue weighted by molar-refractivity contribution is 0.141. The molecule has 5 heteroatoms. The van der Waals surface area contributed by atoms with E-state index in [0.29, 0.717) is 5.69 Å². The smallest absolute Gasteiger partial charge is 0.408 e. The molecular weight excluding hydrogens is 344 g/mol. The van der Waals surface area contributed by atoms with Crippen LogP contribution in [0.1, 0.15) is 11.1 Å².